The van der Waals surface area contributed by atoms with E-state index in [4.69, 9.17) is 4.74 Å². The largest absolute Gasteiger partial charge is 0.375 e. The van der Waals surface area contributed by atoms with Gasteiger partial charge in [0.15, 0.2) is 0 Å². The average Bonchev–Trinajstić information content (AvgIpc) is 2.23. The molecular formula is C12H21FO. The zero-order valence-electron chi connectivity index (χ0n) is 9.05. The van der Waals surface area contributed by atoms with Gasteiger partial charge in [0.05, 0.1) is 6.10 Å². The Kier molecular flexibility index (Phi) is 3.42. The van der Waals surface area contributed by atoms with E-state index in [1.807, 2.05) is 6.92 Å². The van der Waals surface area contributed by atoms with Gasteiger partial charge in [-0.1, -0.05) is 19.3 Å². The number of halogens is 1. The Bertz CT molecular complexity index is 183. The molecule has 82 valence electrons. The predicted molar refractivity (Wildman–Crippen MR) is 55.0 cm³/mol. The van der Waals surface area contributed by atoms with Gasteiger partial charge in [-0.25, -0.2) is 4.39 Å². The third-order valence-corrected chi connectivity index (χ3v) is 3.93. The van der Waals surface area contributed by atoms with Crippen molar-refractivity contribution in [3.63, 3.8) is 0 Å². The minimum absolute atomic E-state index is 0.0978. The van der Waals surface area contributed by atoms with Gasteiger partial charge in [0.1, 0.15) is 6.17 Å². The monoisotopic (exact) mass is 200 g/mol. The number of hydrogen-bond acceptors (Lipinski definition) is 1. The second-order valence-electron chi connectivity index (χ2n) is 4.72. The van der Waals surface area contributed by atoms with Crippen LogP contribution in [0.3, 0.4) is 0 Å². The molecule has 0 N–H and O–H groups in total. The molecule has 0 aromatic rings. The summed E-state index contributed by atoms with van der Waals surface area (Å²) >= 11 is 0. The summed E-state index contributed by atoms with van der Waals surface area (Å²) in [7, 11) is 0. The van der Waals surface area contributed by atoms with Gasteiger partial charge < -0.3 is 4.74 Å². The molecule has 2 aliphatic rings. The fraction of sp³-hybridized carbons (Fsp3) is 1.00. The molecule has 0 aromatic heterocycles. The van der Waals surface area contributed by atoms with Crippen molar-refractivity contribution in [2.75, 3.05) is 6.61 Å². The zero-order valence-corrected chi connectivity index (χ0v) is 9.05. The van der Waals surface area contributed by atoms with Crippen molar-refractivity contribution >= 4 is 0 Å². The third-order valence-electron chi connectivity index (χ3n) is 3.93. The summed E-state index contributed by atoms with van der Waals surface area (Å²) in [5, 5.41) is 0. The second-order valence-corrected chi connectivity index (χ2v) is 4.72. The molecule has 2 saturated carbocycles. The number of hydrogen-bond donors (Lipinski definition) is 0. The van der Waals surface area contributed by atoms with E-state index in [9.17, 15) is 4.39 Å². The molecular weight excluding hydrogens is 179 g/mol. The molecule has 1 nitrogen and oxygen atoms in total. The van der Waals surface area contributed by atoms with Crippen LogP contribution in [0.15, 0.2) is 0 Å². The molecule has 2 fully saturated rings. The molecule has 0 heterocycles. The lowest BCUT2D eigenvalue weighted by atomic mass is 9.69. The molecule has 2 rings (SSSR count). The molecule has 0 aliphatic heterocycles. The molecule has 0 saturated heterocycles. The molecule has 2 heteroatoms. The van der Waals surface area contributed by atoms with Crippen molar-refractivity contribution in [1.82, 2.24) is 0 Å². The number of alkyl halides is 1. The molecule has 0 bridgehead atoms. The summed E-state index contributed by atoms with van der Waals surface area (Å²) in [4.78, 5) is 0. The van der Waals surface area contributed by atoms with Gasteiger partial charge >= 0.3 is 0 Å². The van der Waals surface area contributed by atoms with E-state index in [1.165, 1.54) is 25.7 Å². The van der Waals surface area contributed by atoms with Crippen LogP contribution in [-0.4, -0.2) is 18.9 Å². The average molecular weight is 200 g/mol. The van der Waals surface area contributed by atoms with E-state index >= 15 is 0 Å². The lowest BCUT2D eigenvalue weighted by Gasteiger charge is -2.41. The standard InChI is InChI=1S/C12H21FO/c1-2-14-11-8-7-9-5-3-4-6-10(9)12(11)13/h9-12H,2-8H2,1H3. The molecule has 0 spiro atoms. The van der Waals surface area contributed by atoms with Gasteiger partial charge in [-0.2, -0.15) is 0 Å². The fourth-order valence-corrected chi connectivity index (χ4v) is 3.22. The summed E-state index contributed by atoms with van der Waals surface area (Å²) in [6.45, 7) is 2.61. The van der Waals surface area contributed by atoms with Crippen molar-refractivity contribution in [2.45, 2.75) is 57.7 Å². The van der Waals surface area contributed by atoms with Crippen LogP contribution < -0.4 is 0 Å². The van der Waals surface area contributed by atoms with Crippen molar-refractivity contribution in [1.29, 1.82) is 0 Å². The number of ether oxygens (including phenoxy) is 1. The van der Waals surface area contributed by atoms with Crippen molar-refractivity contribution in [3.8, 4) is 0 Å². The van der Waals surface area contributed by atoms with Gasteiger partial charge in [-0.15, -0.1) is 0 Å². The van der Waals surface area contributed by atoms with Crippen LogP contribution >= 0.6 is 0 Å². The maximum Gasteiger partial charge on any atom is 0.129 e. The topological polar surface area (TPSA) is 9.23 Å². The Morgan fingerprint density at radius 1 is 1.14 bits per heavy atom. The molecule has 4 unspecified atom stereocenters. The smallest absolute Gasteiger partial charge is 0.129 e. The van der Waals surface area contributed by atoms with Crippen LogP contribution in [0, 0.1) is 11.8 Å². The number of fused-ring (bicyclic) bond motifs is 1. The lowest BCUT2D eigenvalue weighted by Crippen LogP contribution is -2.42. The highest BCUT2D eigenvalue weighted by molar-refractivity contribution is 4.90. The van der Waals surface area contributed by atoms with Gasteiger partial charge in [-0.05, 0) is 38.0 Å². The van der Waals surface area contributed by atoms with E-state index in [0.717, 1.165) is 12.8 Å². The summed E-state index contributed by atoms with van der Waals surface area (Å²) in [5.41, 5.74) is 0. The van der Waals surface area contributed by atoms with Crippen molar-refractivity contribution in [2.24, 2.45) is 11.8 Å². The minimum atomic E-state index is -0.686. The second kappa shape index (κ2) is 4.61. The molecule has 2 aliphatic carbocycles. The van der Waals surface area contributed by atoms with Crippen LogP contribution in [-0.2, 0) is 4.74 Å². The van der Waals surface area contributed by atoms with Crippen LogP contribution in [0.25, 0.3) is 0 Å². The van der Waals surface area contributed by atoms with Crippen molar-refractivity contribution < 1.29 is 9.13 Å². The Labute approximate surface area is 86.0 Å². The maximum absolute atomic E-state index is 14.0. The Morgan fingerprint density at radius 2 is 1.93 bits per heavy atom. The first-order valence-electron chi connectivity index (χ1n) is 6.08. The quantitative estimate of drug-likeness (QED) is 0.664. The normalized spacial score (nSPS) is 43.3. The third kappa shape index (κ3) is 1.95. The van der Waals surface area contributed by atoms with Crippen molar-refractivity contribution in [3.05, 3.63) is 0 Å². The summed E-state index contributed by atoms with van der Waals surface area (Å²) in [6, 6.07) is 0. The van der Waals surface area contributed by atoms with Gasteiger partial charge in [0.25, 0.3) is 0 Å². The van der Waals surface area contributed by atoms with Crippen LogP contribution in [0.4, 0.5) is 4.39 Å². The fourth-order valence-electron chi connectivity index (χ4n) is 3.22. The predicted octanol–water partition coefficient (Wildman–Crippen LogP) is 3.33. The molecule has 0 aromatic carbocycles. The van der Waals surface area contributed by atoms with Gasteiger partial charge in [0.2, 0.25) is 0 Å². The Balaban J connectivity index is 1.96. The molecule has 0 amide bonds. The molecule has 0 radical (unpaired) electrons. The van der Waals surface area contributed by atoms with Crippen LogP contribution in [0.1, 0.15) is 45.4 Å². The summed E-state index contributed by atoms with van der Waals surface area (Å²) in [6.07, 6.45) is 6.23. The number of rotatable bonds is 2. The summed E-state index contributed by atoms with van der Waals surface area (Å²) < 4.78 is 19.5. The highest BCUT2D eigenvalue weighted by atomic mass is 19.1. The first kappa shape index (κ1) is 10.4. The highest BCUT2D eigenvalue weighted by Gasteiger charge is 2.40. The van der Waals surface area contributed by atoms with E-state index in [0.29, 0.717) is 18.4 Å². The van der Waals surface area contributed by atoms with Crippen LogP contribution in [0.2, 0.25) is 0 Å². The molecule has 4 atom stereocenters. The van der Waals surface area contributed by atoms with E-state index < -0.39 is 6.17 Å². The van der Waals surface area contributed by atoms with E-state index in [2.05, 4.69) is 0 Å². The highest BCUT2D eigenvalue weighted by Crippen LogP contribution is 2.42. The van der Waals surface area contributed by atoms with E-state index in [-0.39, 0.29) is 6.10 Å². The van der Waals surface area contributed by atoms with Crippen LogP contribution in [0.5, 0.6) is 0 Å². The SMILES string of the molecule is CCOC1CCC2CCCCC2C1F. The lowest BCUT2D eigenvalue weighted by molar-refractivity contribution is -0.0711. The van der Waals surface area contributed by atoms with E-state index in [1.54, 1.807) is 0 Å². The zero-order chi connectivity index (χ0) is 9.97. The maximum atomic E-state index is 14.0. The first-order chi connectivity index (χ1) is 6.83. The van der Waals surface area contributed by atoms with Gasteiger partial charge in [0, 0.05) is 6.61 Å². The van der Waals surface area contributed by atoms with Gasteiger partial charge in [-0.3, -0.25) is 0 Å². The first-order valence-corrected chi connectivity index (χ1v) is 6.08. The Hall–Kier alpha value is -0.110. The summed E-state index contributed by atoms with van der Waals surface area (Å²) in [5.74, 6) is 0.976. The minimum Gasteiger partial charge on any atom is -0.375 e. The Morgan fingerprint density at radius 3 is 2.71 bits per heavy atom. The molecule has 14 heavy (non-hydrogen) atoms.